The Kier molecular flexibility index (Phi) is 13.0. The van der Waals surface area contributed by atoms with Crippen molar-refractivity contribution < 1.29 is 8.78 Å². The first-order chi connectivity index (χ1) is 39.3. The van der Waals surface area contributed by atoms with Crippen molar-refractivity contribution in [2.24, 2.45) is 0 Å². The van der Waals surface area contributed by atoms with Crippen LogP contribution in [0.2, 0.25) is 0 Å². The molecule has 0 aliphatic heterocycles. The van der Waals surface area contributed by atoms with E-state index in [0.29, 0.717) is 22.5 Å². The van der Waals surface area contributed by atoms with Crippen molar-refractivity contribution >= 4 is 87.2 Å². The highest BCUT2D eigenvalue weighted by molar-refractivity contribution is 7.27. The van der Waals surface area contributed by atoms with Gasteiger partial charge in [-0.2, -0.15) is 0 Å². The largest absolute Gasteiger partial charge is 0.308 e. The van der Waals surface area contributed by atoms with Crippen LogP contribution >= 0.6 is 11.3 Å². The van der Waals surface area contributed by atoms with Gasteiger partial charge in [0.05, 0.1) is 11.4 Å². The average molecular weight is 1070 g/mol. The Labute approximate surface area is 477 Å². The summed E-state index contributed by atoms with van der Waals surface area (Å²) in [5.41, 5.74) is 13.1. The van der Waals surface area contributed by atoms with E-state index in [1.165, 1.54) is 16.5 Å². The predicted molar refractivity (Wildman–Crippen MR) is 343 cm³/mol. The van der Waals surface area contributed by atoms with Crippen molar-refractivity contribution in [3.05, 3.63) is 278 Å². The van der Waals surface area contributed by atoms with Gasteiger partial charge in [-0.05, 0) is 144 Å². The van der Waals surface area contributed by atoms with Crippen LogP contribution in [0.3, 0.4) is 0 Å². The topological polar surface area (TPSA) is 6.48 Å². The molecule has 2 nitrogen and oxygen atoms in total. The van der Waals surface area contributed by atoms with Gasteiger partial charge in [-0.25, -0.2) is 8.78 Å². The van der Waals surface area contributed by atoms with Gasteiger partial charge in [-0.3, -0.25) is 0 Å². The molecule has 0 atom stereocenters. The first-order valence-corrected chi connectivity index (χ1v) is 28.6. The Hall–Kier alpha value is -9.16. The molecule has 0 saturated heterocycles. The van der Waals surface area contributed by atoms with Crippen LogP contribution in [0.1, 0.15) is 52.7 Å². The molecule has 0 unspecified atom stereocenters. The molecule has 0 saturated carbocycles. The summed E-state index contributed by atoms with van der Waals surface area (Å²) < 4.78 is 38.1. The quantitative estimate of drug-likeness (QED) is 0.126. The molecule has 0 aliphatic rings. The number of hydrogen-bond donors (Lipinski definition) is 0. The van der Waals surface area contributed by atoms with E-state index in [2.05, 4.69) is 185 Å². The smallest absolute Gasteiger partial charge is 0.155 e. The van der Waals surface area contributed by atoms with Crippen molar-refractivity contribution in [1.82, 2.24) is 0 Å². The van der Waals surface area contributed by atoms with Gasteiger partial charge in [0.15, 0.2) is 11.6 Å². The van der Waals surface area contributed by atoms with Gasteiger partial charge < -0.3 is 9.80 Å². The second kappa shape index (κ2) is 20.5. The average Bonchev–Trinajstić information content (AvgIpc) is 4.17. The third kappa shape index (κ3) is 9.51. The maximum atomic E-state index is 18.0. The van der Waals surface area contributed by atoms with Crippen molar-refractivity contribution in [1.29, 1.82) is 0 Å². The molecule has 13 rings (SSSR count). The first-order valence-electron chi connectivity index (χ1n) is 27.8. The Morgan fingerprint density at radius 2 is 0.691 bits per heavy atom. The summed E-state index contributed by atoms with van der Waals surface area (Å²) in [4.78, 5) is 4.18. The van der Waals surface area contributed by atoms with E-state index in [1.807, 2.05) is 121 Å². The number of rotatable bonds is 10. The normalized spacial score (nSPS) is 12.0. The lowest BCUT2D eigenvalue weighted by atomic mass is 9.87. The summed E-state index contributed by atoms with van der Waals surface area (Å²) >= 11 is 1.76. The third-order valence-electron chi connectivity index (χ3n) is 15.9. The lowest BCUT2D eigenvalue weighted by Gasteiger charge is -2.29. The van der Waals surface area contributed by atoms with Crippen molar-refractivity contribution in [2.45, 2.75) is 52.4 Å². The summed E-state index contributed by atoms with van der Waals surface area (Å²) in [6.45, 7) is 13.3. The number of halogens is 2. The van der Waals surface area contributed by atoms with Crippen LogP contribution in [0.5, 0.6) is 0 Å². The molecule has 0 aliphatic carbocycles. The molecule has 0 fully saturated rings. The van der Waals surface area contributed by atoms with Crippen LogP contribution in [0.25, 0.3) is 86.2 Å². The zero-order valence-corrected chi connectivity index (χ0v) is 47.1. The molecule has 0 amide bonds. The number of hydrogen-bond acceptors (Lipinski definition) is 3. The Morgan fingerprint density at radius 3 is 1.14 bits per heavy atom. The molecule has 12 aromatic carbocycles. The number of anilines is 6. The molecular formula is C76H60F2N2S. The third-order valence-corrected chi connectivity index (χ3v) is 17.1. The van der Waals surface area contributed by atoms with Crippen LogP contribution in [0.15, 0.2) is 255 Å². The molecule has 1 heterocycles. The van der Waals surface area contributed by atoms with E-state index >= 15 is 8.78 Å². The SMILES string of the molecule is CC(C)(C)c1ccc(N(c2ccc3c(c2)sc2c4ccc(N(c5ccc(C(C)(C)C)cc5)c5cc(-c6ccccc6)cc(-c6ccccc6)c5F)cc4c4ccccc4c32)c2cc(-c3ccccc3)cc(-c3ccccc3)c2F)cc1. The molecule has 1 aromatic heterocycles. The standard InChI is InChI=1S/C76H60F2N2S/c1-75(2,3)55-31-35-57(36-32-55)79(68-45-53(49-21-11-7-12-22-49)43-65(72(68)77)51-25-15-9-16-26-51)59-39-41-63-67(47-59)61-29-19-20-30-62(61)71-64-42-40-60(48-70(64)81-74(63)71)80(58-37-33-56(34-38-58)76(4,5)6)69-46-54(50-23-13-8-14-24-50)44-66(73(69)78)52-27-17-10-18-28-52/h7-48H,1-6H3. The van der Waals surface area contributed by atoms with E-state index in [9.17, 15) is 0 Å². The summed E-state index contributed by atoms with van der Waals surface area (Å²) in [7, 11) is 0. The maximum absolute atomic E-state index is 18.0. The zero-order chi connectivity index (χ0) is 55.6. The second-order valence-corrected chi connectivity index (χ2v) is 24.3. The van der Waals surface area contributed by atoms with E-state index in [4.69, 9.17) is 0 Å². The number of benzene rings is 12. The van der Waals surface area contributed by atoms with Gasteiger partial charge in [-0.1, -0.05) is 224 Å². The minimum absolute atomic E-state index is 0.0733. The van der Waals surface area contributed by atoms with Gasteiger partial charge in [0, 0.05) is 59.4 Å². The molecule has 0 spiro atoms. The Morgan fingerprint density at radius 1 is 0.309 bits per heavy atom. The van der Waals surface area contributed by atoms with Crippen LogP contribution in [0.4, 0.5) is 42.9 Å². The molecule has 0 N–H and O–H groups in total. The number of fused-ring (bicyclic) bond motifs is 8. The molecule has 5 heteroatoms. The molecule has 13 aromatic rings. The number of thiophene rings is 1. The van der Waals surface area contributed by atoms with Crippen molar-refractivity contribution in [3.8, 4) is 44.5 Å². The zero-order valence-electron chi connectivity index (χ0n) is 46.3. The molecular weight excluding hydrogens is 1010 g/mol. The fourth-order valence-electron chi connectivity index (χ4n) is 11.6. The predicted octanol–water partition coefficient (Wildman–Crippen LogP) is 22.8. The Bertz CT molecular complexity index is 4460. The summed E-state index contributed by atoms with van der Waals surface area (Å²) in [5.74, 6) is -0.601. The first kappa shape index (κ1) is 51.3. The van der Waals surface area contributed by atoms with Crippen molar-refractivity contribution in [2.75, 3.05) is 9.80 Å². The van der Waals surface area contributed by atoms with E-state index in [0.717, 1.165) is 92.5 Å². The fraction of sp³-hybridized carbons (Fsp3) is 0.105. The van der Waals surface area contributed by atoms with Crippen LogP contribution < -0.4 is 9.80 Å². The second-order valence-electron chi connectivity index (χ2n) is 23.2. The number of nitrogens with zero attached hydrogens (tertiary/aromatic N) is 2. The highest BCUT2D eigenvalue weighted by atomic mass is 32.1. The molecule has 81 heavy (non-hydrogen) atoms. The van der Waals surface area contributed by atoms with Crippen LogP contribution in [-0.2, 0) is 10.8 Å². The minimum Gasteiger partial charge on any atom is -0.308 e. The monoisotopic (exact) mass is 1070 g/mol. The molecule has 0 radical (unpaired) electrons. The molecule has 394 valence electrons. The highest BCUT2D eigenvalue weighted by Gasteiger charge is 2.27. The fourth-order valence-corrected chi connectivity index (χ4v) is 12.9. The summed E-state index contributed by atoms with van der Waals surface area (Å²) in [6, 6.07) is 87.2. The van der Waals surface area contributed by atoms with E-state index < -0.39 is 0 Å². The summed E-state index contributed by atoms with van der Waals surface area (Å²) in [5, 5.41) is 6.70. The summed E-state index contributed by atoms with van der Waals surface area (Å²) in [6.07, 6.45) is 0. The minimum atomic E-state index is -0.302. The lowest BCUT2D eigenvalue weighted by molar-refractivity contribution is 0.590. The van der Waals surface area contributed by atoms with Crippen LogP contribution in [-0.4, -0.2) is 0 Å². The van der Waals surface area contributed by atoms with Gasteiger partial charge in [0.1, 0.15) is 0 Å². The van der Waals surface area contributed by atoms with Gasteiger partial charge >= 0.3 is 0 Å². The van der Waals surface area contributed by atoms with Crippen molar-refractivity contribution in [3.63, 3.8) is 0 Å². The lowest BCUT2D eigenvalue weighted by Crippen LogP contribution is -2.14. The van der Waals surface area contributed by atoms with Crippen LogP contribution in [0, 0.1) is 11.6 Å². The van der Waals surface area contributed by atoms with Gasteiger partial charge in [0.25, 0.3) is 0 Å². The highest BCUT2D eigenvalue weighted by Crippen LogP contribution is 2.50. The van der Waals surface area contributed by atoms with E-state index in [1.54, 1.807) is 11.3 Å². The maximum Gasteiger partial charge on any atom is 0.155 e. The van der Waals surface area contributed by atoms with Gasteiger partial charge in [0.2, 0.25) is 0 Å². The van der Waals surface area contributed by atoms with Gasteiger partial charge in [-0.15, -0.1) is 11.3 Å². The Balaban J connectivity index is 1.02. The molecule has 0 bridgehead atoms. The van der Waals surface area contributed by atoms with E-state index in [-0.39, 0.29) is 22.5 Å².